The van der Waals surface area contributed by atoms with Crippen molar-refractivity contribution in [3.8, 4) is 18.1 Å². The van der Waals surface area contributed by atoms with Crippen LogP contribution in [0.3, 0.4) is 0 Å². The number of aromatic amines is 1. The van der Waals surface area contributed by atoms with Gasteiger partial charge in [-0.15, -0.1) is 12.3 Å². The van der Waals surface area contributed by atoms with Gasteiger partial charge in [-0.2, -0.15) is 25.6 Å². The van der Waals surface area contributed by atoms with Crippen LogP contribution in [-0.4, -0.2) is 40.6 Å². The number of rotatable bonds is 7. The molecule has 8 heteroatoms. The Morgan fingerprint density at radius 1 is 1.35 bits per heavy atom. The zero-order chi connectivity index (χ0) is 16.3. The molecule has 0 radical (unpaired) electrons. The van der Waals surface area contributed by atoms with E-state index in [2.05, 4.69) is 36.9 Å². The summed E-state index contributed by atoms with van der Waals surface area (Å²) in [5.74, 6) is 2.79. The third kappa shape index (κ3) is 3.13. The van der Waals surface area contributed by atoms with E-state index in [1.807, 2.05) is 0 Å². The van der Waals surface area contributed by atoms with Crippen molar-refractivity contribution in [3.63, 3.8) is 0 Å². The van der Waals surface area contributed by atoms with E-state index in [4.69, 9.17) is 11.2 Å². The maximum Gasteiger partial charge on any atom is 0.255 e. The third-order valence-electron chi connectivity index (χ3n) is 3.75. The van der Waals surface area contributed by atoms with Crippen molar-refractivity contribution in [2.24, 2.45) is 10.2 Å². The molecule has 2 N–H and O–H groups in total. The van der Waals surface area contributed by atoms with Crippen LogP contribution in [0.5, 0.6) is 5.75 Å². The second-order valence-corrected chi connectivity index (χ2v) is 5.26. The Morgan fingerprint density at radius 2 is 2.09 bits per heavy atom. The molecule has 118 valence electrons. The fraction of sp³-hybridized carbons (Fsp3) is 0.400. The van der Waals surface area contributed by atoms with Crippen LogP contribution in [-0.2, 0) is 0 Å². The minimum Gasteiger partial charge on any atom is -0.496 e. The highest BCUT2D eigenvalue weighted by molar-refractivity contribution is 6.00. The van der Waals surface area contributed by atoms with Gasteiger partial charge < -0.3 is 10.1 Å². The van der Waals surface area contributed by atoms with E-state index in [-0.39, 0.29) is 5.91 Å². The molecule has 1 aliphatic rings. The highest BCUT2D eigenvalue weighted by Gasteiger charge is 2.38. The molecule has 3 rings (SSSR count). The first-order valence-electron chi connectivity index (χ1n) is 7.22. The number of amides is 1. The second-order valence-electron chi connectivity index (χ2n) is 5.26. The van der Waals surface area contributed by atoms with Gasteiger partial charge in [0.15, 0.2) is 5.66 Å². The Hall–Kier alpha value is -2.95. The summed E-state index contributed by atoms with van der Waals surface area (Å²) in [6.45, 7) is 0.455. The fourth-order valence-corrected chi connectivity index (χ4v) is 2.36. The number of hydrogen-bond acceptors (Lipinski definition) is 6. The molecule has 0 saturated carbocycles. The Labute approximate surface area is 132 Å². The summed E-state index contributed by atoms with van der Waals surface area (Å²) in [7, 11) is 1.51. The minimum absolute atomic E-state index is 0.237. The van der Waals surface area contributed by atoms with Crippen LogP contribution in [0.15, 0.2) is 22.4 Å². The van der Waals surface area contributed by atoms with Crippen LogP contribution in [0.4, 0.5) is 0 Å². The molecule has 0 unspecified atom stereocenters. The van der Waals surface area contributed by atoms with Crippen LogP contribution < -0.4 is 10.1 Å². The number of ether oxygens (including phenoxy) is 1. The Bertz CT molecular complexity index is 798. The normalized spacial score (nSPS) is 14.4. The molecule has 1 aliphatic heterocycles. The van der Waals surface area contributed by atoms with E-state index in [9.17, 15) is 4.79 Å². The number of nitrogens with one attached hydrogen (secondary N) is 2. The molecule has 0 fully saturated rings. The van der Waals surface area contributed by atoms with Crippen LogP contribution in [0.25, 0.3) is 11.0 Å². The summed E-state index contributed by atoms with van der Waals surface area (Å²) < 4.78 is 5.25. The van der Waals surface area contributed by atoms with Crippen LogP contribution in [0.1, 0.15) is 29.6 Å². The zero-order valence-corrected chi connectivity index (χ0v) is 12.7. The molecule has 0 spiro atoms. The Kier molecular flexibility index (Phi) is 3.93. The average molecular weight is 312 g/mol. The first-order valence-corrected chi connectivity index (χ1v) is 7.22. The first kappa shape index (κ1) is 15.0. The van der Waals surface area contributed by atoms with Gasteiger partial charge in [0, 0.05) is 31.9 Å². The summed E-state index contributed by atoms with van der Waals surface area (Å²) in [6.07, 6.45) is 7.23. The highest BCUT2D eigenvalue weighted by Crippen LogP contribution is 2.36. The molecule has 2 heterocycles. The third-order valence-corrected chi connectivity index (χ3v) is 3.75. The minimum atomic E-state index is -0.403. The van der Waals surface area contributed by atoms with Crippen molar-refractivity contribution >= 4 is 16.9 Å². The molecule has 0 bridgehead atoms. The van der Waals surface area contributed by atoms with Gasteiger partial charge in [0.25, 0.3) is 5.91 Å². The van der Waals surface area contributed by atoms with Crippen molar-refractivity contribution in [2.75, 3.05) is 13.7 Å². The summed E-state index contributed by atoms with van der Waals surface area (Å²) in [5, 5.41) is 21.4. The van der Waals surface area contributed by atoms with Crippen molar-refractivity contribution < 1.29 is 9.53 Å². The smallest absolute Gasteiger partial charge is 0.255 e. The number of terminal acetylenes is 1. The highest BCUT2D eigenvalue weighted by atomic mass is 16.5. The number of carbonyl (C=O) groups is 1. The topological polar surface area (TPSA) is 105 Å². The van der Waals surface area contributed by atoms with Gasteiger partial charge in [0.2, 0.25) is 0 Å². The molecule has 23 heavy (non-hydrogen) atoms. The molecule has 1 aromatic carbocycles. The van der Waals surface area contributed by atoms with E-state index in [0.717, 1.165) is 0 Å². The van der Waals surface area contributed by atoms with E-state index in [0.29, 0.717) is 48.2 Å². The van der Waals surface area contributed by atoms with E-state index < -0.39 is 5.66 Å². The lowest BCUT2D eigenvalue weighted by Gasteiger charge is -2.11. The van der Waals surface area contributed by atoms with Gasteiger partial charge >= 0.3 is 0 Å². The van der Waals surface area contributed by atoms with Crippen LogP contribution in [0.2, 0.25) is 0 Å². The lowest BCUT2D eigenvalue weighted by Crippen LogP contribution is -2.28. The molecule has 0 saturated heterocycles. The number of nitrogens with zero attached hydrogens (tertiary/aromatic N) is 4. The molecule has 1 amide bonds. The lowest BCUT2D eigenvalue weighted by atomic mass is 10.0. The number of hydrogen-bond donors (Lipinski definition) is 2. The van der Waals surface area contributed by atoms with Gasteiger partial charge in [0.05, 0.1) is 12.7 Å². The molecule has 1 aromatic heterocycles. The van der Waals surface area contributed by atoms with Crippen molar-refractivity contribution in [2.45, 2.75) is 24.9 Å². The number of carbonyl (C=O) groups excluding carboxylic acids is 1. The van der Waals surface area contributed by atoms with E-state index in [1.54, 1.807) is 12.1 Å². The number of benzene rings is 1. The summed E-state index contributed by atoms with van der Waals surface area (Å²) in [6, 6.07) is 3.32. The second kappa shape index (κ2) is 6.04. The Balaban J connectivity index is 1.63. The van der Waals surface area contributed by atoms with Crippen molar-refractivity contribution in [1.29, 1.82) is 0 Å². The molecule has 0 aliphatic carbocycles. The largest absolute Gasteiger partial charge is 0.496 e. The summed E-state index contributed by atoms with van der Waals surface area (Å²) in [4.78, 5) is 12.4. The molecule has 0 atom stereocenters. The maximum absolute atomic E-state index is 12.4. The maximum atomic E-state index is 12.4. The first-order chi connectivity index (χ1) is 11.2. The van der Waals surface area contributed by atoms with Gasteiger partial charge in [-0.25, -0.2) is 0 Å². The van der Waals surface area contributed by atoms with E-state index in [1.165, 1.54) is 7.11 Å². The van der Waals surface area contributed by atoms with Gasteiger partial charge in [-0.3, -0.25) is 4.79 Å². The average Bonchev–Trinajstić information content (AvgIpc) is 3.18. The van der Waals surface area contributed by atoms with Gasteiger partial charge in [0.1, 0.15) is 16.8 Å². The molecular weight excluding hydrogens is 296 g/mol. The van der Waals surface area contributed by atoms with Gasteiger partial charge in [-0.05, 0) is 6.07 Å². The fourth-order valence-electron chi connectivity index (χ4n) is 2.36. The summed E-state index contributed by atoms with van der Waals surface area (Å²) >= 11 is 0. The molecular formula is C15H16N6O2. The number of methoxy groups -OCH3 is 1. The predicted molar refractivity (Wildman–Crippen MR) is 83.0 cm³/mol. The van der Waals surface area contributed by atoms with Crippen LogP contribution in [0, 0.1) is 12.3 Å². The van der Waals surface area contributed by atoms with Gasteiger partial charge in [-0.1, -0.05) is 0 Å². The number of H-pyrrole nitrogens is 1. The standard InChI is InChI=1S/C15H16N6O2/c1-3-4-5-15(19-20-15)6-7-16-14(22)10-8-11-12(18-21-17-11)9-13(10)23-2/h1,8-9H,4-7H2,2H3,(H,16,22)(H,17,18,21). The predicted octanol–water partition coefficient (Wildman–Crippen LogP) is 1.66. The SMILES string of the molecule is C#CCCC1(CCNC(=O)c2cc3n[nH]nc3cc2OC)N=N1. The van der Waals surface area contributed by atoms with Crippen molar-refractivity contribution in [3.05, 3.63) is 17.7 Å². The number of fused-ring (bicyclic) bond motifs is 1. The van der Waals surface area contributed by atoms with Crippen molar-refractivity contribution in [1.82, 2.24) is 20.7 Å². The monoisotopic (exact) mass is 312 g/mol. The van der Waals surface area contributed by atoms with Crippen LogP contribution >= 0.6 is 0 Å². The summed E-state index contributed by atoms with van der Waals surface area (Å²) in [5.41, 5.74) is 1.26. The lowest BCUT2D eigenvalue weighted by molar-refractivity contribution is 0.0949. The molecule has 2 aromatic rings. The number of aromatic nitrogens is 3. The molecule has 8 nitrogen and oxygen atoms in total. The van der Waals surface area contributed by atoms with E-state index >= 15 is 0 Å². The quantitative estimate of drug-likeness (QED) is 0.758. The zero-order valence-electron chi connectivity index (χ0n) is 12.7. The Morgan fingerprint density at radius 3 is 2.74 bits per heavy atom.